The van der Waals surface area contributed by atoms with E-state index in [1.54, 1.807) is 23.9 Å². The van der Waals surface area contributed by atoms with Crippen LogP contribution >= 0.6 is 11.3 Å². The van der Waals surface area contributed by atoms with Crippen molar-refractivity contribution in [1.29, 1.82) is 0 Å². The van der Waals surface area contributed by atoms with Gasteiger partial charge in [0, 0.05) is 30.4 Å². The molecule has 0 amide bonds. The zero-order valence-corrected chi connectivity index (χ0v) is 10.00. The van der Waals surface area contributed by atoms with E-state index in [1.165, 1.54) is 9.88 Å². The van der Waals surface area contributed by atoms with E-state index in [1.807, 2.05) is 12.3 Å². The molecule has 2 aromatic heterocycles. The molecular weight excluding hydrogens is 220 g/mol. The van der Waals surface area contributed by atoms with E-state index in [2.05, 4.69) is 27.2 Å². The Hall–Kier alpha value is -1.33. The number of aryl methyl sites for hydroxylation is 1. The fourth-order valence-electron chi connectivity index (χ4n) is 1.33. The molecule has 16 heavy (non-hydrogen) atoms. The molecule has 0 aliphatic carbocycles. The van der Waals surface area contributed by atoms with Crippen LogP contribution in [0.2, 0.25) is 0 Å². The standard InChI is InChI=1S/C11H14N4S/c1-2-11-14-7-10(16-11)6-13-5-9-3-4-12-8-15-9/h3-4,7-8,13H,2,5-6H2,1H3. The molecule has 4 nitrogen and oxygen atoms in total. The highest BCUT2D eigenvalue weighted by Gasteiger charge is 1.99. The van der Waals surface area contributed by atoms with Gasteiger partial charge in [-0.05, 0) is 12.5 Å². The fourth-order valence-corrected chi connectivity index (χ4v) is 2.16. The van der Waals surface area contributed by atoms with Crippen LogP contribution in [0.1, 0.15) is 22.5 Å². The van der Waals surface area contributed by atoms with Crippen molar-refractivity contribution in [2.24, 2.45) is 0 Å². The maximum atomic E-state index is 4.31. The highest BCUT2D eigenvalue weighted by Crippen LogP contribution is 2.12. The average Bonchev–Trinajstić information content (AvgIpc) is 2.78. The summed E-state index contributed by atoms with van der Waals surface area (Å²) < 4.78 is 0. The lowest BCUT2D eigenvalue weighted by Crippen LogP contribution is -2.12. The van der Waals surface area contributed by atoms with Gasteiger partial charge in [0.2, 0.25) is 0 Å². The Morgan fingerprint density at radius 1 is 1.31 bits per heavy atom. The molecule has 5 heteroatoms. The molecule has 0 aromatic carbocycles. The summed E-state index contributed by atoms with van der Waals surface area (Å²) in [5.41, 5.74) is 1.01. The van der Waals surface area contributed by atoms with Crippen LogP contribution < -0.4 is 5.32 Å². The number of aromatic nitrogens is 3. The first-order valence-corrected chi connectivity index (χ1v) is 6.09. The summed E-state index contributed by atoms with van der Waals surface area (Å²) in [6, 6.07) is 1.91. The van der Waals surface area contributed by atoms with Crippen LogP contribution in [-0.2, 0) is 19.5 Å². The van der Waals surface area contributed by atoms with Crippen molar-refractivity contribution >= 4 is 11.3 Å². The molecule has 0 atom stereocenters. The highest BCUT2D eigenvalue weighted by atomic mass is 32.1. The van der Waals surface area contributed by atoms with E-state index in [0.717, 1.165) is 25.2 Å². The second-order valence-corrected chi connectivity index (χ2v) is 4.58. The number of nitrogens with one attached hydrogen (secondary N) is 1. The predicted octanol–water partition coefficient (Wildman–Crippen LogP) is 1.79. The lowest BCUT2D eigenvalue weighted by Gasteiger charge is -2.00. The van der Waals surface area contributed by atoms with Crippen LogP contribution in [0.5, 0.6) is 0 Å². The first-order valence-electron chi connectivity index (χ1n) is 5.27. The van der Waals surface area contributed by atoms with Gasteiger partial charge in [-0.1, -0.05) is 6.92 Å². The molecule has 0 aliphatic heterocycles. The molecule has 0 bridgehead atoms. The lowest BCUT2D eigenvalue weighted by molar-refractivity contribution is 0.683. The van der Waals surface area contributed by atoms with Crippen molar-refractivity contribution in [3.8, 4) is 0 Å². The molecule has 2 heterocycles. The maximum Gasteiger partial charge on any atom is 0.115 e. The molecule has 0 unspecified atom stereocenters. The molecule has 0 aliphatic rings. The number of hydrogen-bond donors (Lipinski definition) is 1. The maximum absolute atomic E-state index is 4.31. The molecule has 0 fully saturated rings. The van der Waals surface area contributed by atoms with Gasteiger partial charge < -0.3 is 5.32 Å². The average molecular weight is 234 g/mol. The quantitative estimate of drug-likeness (QED) is 0.857. The minimum atomic E-state index is 0.766. The fraction of sp³-hybridized carbons (Fsp3) is 0.364. The van der Waals surface area contributed by atoms with Gasteiger partial charge in [-0.2, -0.15) is 0 Å². The summed E-state index contributed by atoms with van der Waals surface area (Å²) in [7, 11) is 0. The van der Waals surface area contributed by atoms with Crippen molar-refractivity contribution in [2.75, 3.05) is 0 Å². The monoisotopic (exact) mass is 234 g/mol. The topological polar surface area (TPSA) is 50.7 Å². The lowest BCUT2D eigenvalue weighted by atomic mass is 10.4. The van der Waals surface area contributed by atoms with E-state index >= 15 is 0 Å². The largest absolute Gasteiger partial charge is 0.306 e. The van der Waals surface area contributed by atoms with Gasteiger partial charge in [-0.25, -0.2) is 15.0 Å². The number of hydrogen-bond acceptors (Lipinski definition) is 5. The Morgan fingerprint density at radius 3 is 2.94 bits per heavy atom. The van der Waals surface area contributed by atoms with Gasteiger partial charge in [0.05, 0.1) is 10.7 Å². The van der Waals surface area contributed by atoms with Crippen molar-refractivity contribution < 1.29 is 0 Å². The molecule has 2 aromatic rings. The van der Waals surface area contributed by atoms with E-state index in [9.17, 15) is 0 Å². The second kappa shape index (κ2) is 5.67. The summed E-state index contributed by atoms with van der Waals surface area (Å²) in [6.07, 6.45) is 6.28. The number of rotatable bonds is 5. The summed E-state index contributed by atoms with van der Waals surface area (Å²) >= 11 is 1.76. The first kappa shape index (κ1) is 11.2. The Balaban J connectivity index is 1.80. The summed E-state index contributed by atoms with van der Waals surface area (Å²) in [6.45, 7) is 3.74. The third kappa shape index (κ3) is 3.08. The van der Waals surface area contributed by atoms with Gasteiger partial charge >= 0.3 is 0 Å². The van der Waals surface area contributed by atoms with Crippen LogP contribution in [0.3, 0.4) is 0 Å². The SMILES string of the molecule is CCc1ncc(CNCc2ccncn2)s1. The smallest absolute Gasteiger partial charge is 0.115 e. The molecular formula is C11H14N4S. The molecule has 0 saturated heterocycles. The van der Waals surface area contributed by atoms with Crippen LogP contribution in [-0.4, -0.2) is 15.0 Å². The Labute approximate surface area is 98.8 Å². The molecule has 0 saturated carbocycles. The Kier molecular flexibility index (Phi) is 3.96. The number of thiazole rings is 1. The summed E-state index contributed by atoms with van der Waals surface area (Å²) in [5.74, 6) is 0. The van der Waals surface area contributed by atoms with Gasteiger partial charge in [0.1, 0.15) is 6.33 Å². The molecule has 1 N–H and O–H groups in total. The third-order valence-electron chi connectivity index (χ3n) is 2.15. The zero-order chi connectivity index (χ0) is 11.2. The summed E-state index contributed by atoms with van der Waals surface area (Å²) in [5, 5.41) is 4.53. The minimum absolute atomic E-state index is 0.766. The van der Waals surface area contributed by atoms with Gasteiger partial charge in [-0.3, -0.25) is 0 Å². The summed E-state index contributed by atoms with van der Waals surface area (Å²) in [4.78, 5) is 13.6. The van der Waals surface area contributed by atoms with Crippen molar-refractivity contribution in [1.82, 2.24) is 20.3 Å². The van der Waals surface area contributed by atoms with Gasteiger partial charge in [0.25, 0.3) is 0 Å². The van der Waals surface area contributed by atoms with Crippen LogP contribution in [0.25, 0.3) is 0 Å². The van der Waals surface area contributed by atoms with E-state index in [4.69, 9.17) is 0 Å². The Morgan fingerprint density at radius 2 is 2.25 bits per heavy atom. The van der Waals surface area contributed by atoms with Gasteiger partial charge in [0.15, 0.2) is 0 Å². The van der Waals surface area contributed by atoms with Crippen LogP contribution in [0, 0.1) is 0 Å². The molecule has 0 spiro atoms. The molecule has 0 radical (unpaired) electrons. The minimum Gasteiger partial charge on any atom is -0.306 e. The van der Waals surface area contributed by atoms with Gasteiger partial charge in [-0.15, -0.1) is 11.3 Å². The normalized spacial score (nSPS) is 10.6. The molecule has 84 valence electrons. The van der Waals surface area contributed by atoms with Crippen LogP contribution in [0.15, 0.2) is 24.8 Å². The highest BCUT2D eigenvalue weighted by molar-refractivity contribution is 7.11. The molecule has 2 rings (SSSR count). The van der Waals surface area contributed by atoms with Crippen molar-refractivity contribution in [3.63, 3.8) is 0 Å². The van der Waals surface area contributed by atoms with E-state index in [-0.39, 0.29) is 0 Å². The predicted molar refractivity (Wildman–Crippen MR) is 64.1 cm³/mol. The van der Waals surface area contributed by atoms with E-state index in [0.29, 0.717) is 0 Å². The van der Waals surface area contributed by atoms with Crippen molar-refractivity contribution in [2.45, 2.75) is 26.4 Å². The number of nitrogens with zero attached hydrogens (tertiary/aromatic N) is 3. The first-order chi connectivity index (χ1) is 7.88. The van der Waals surface area contributed by atoms with Crippen molar-refractivity contribution in [3.05, 3.63) is 40.4 Å². The third-order valence-corrected chi connectivity index (χ3v) is 3.29. The van der Waals surface area contributed by atoms with Crippen LogP contribution in [0.4, 0.5) is 0 Å². The Bertz CT molecular complexity index is 427. The second-order valence-electron chi connectivity index (χ2n) is 3.38. The van der Waals surface area contributed by atoms with E-state index < -0.39 is 0 Å². The zero-order valence-electron chi connectivity index (χ0n) is 9.18.